The van der Waals surface area contributed by atoms with Gasteiger partial charge in [-0.25, -0.2) is 4.89 Å². The van der Waals surface area contributed by atoms with Crippen molar-refractivity contribution in [1.29, 1.82) is 0 Å². The van der Waals surface area contributed by atoms with E-state index < -0.39 is 0 Å². The summed E-state index contributed by atoms with van der Waals surface area (Å²) in [5.41, 5.74) is 0. The van der Waals surface area contributed by atoms with Crippen LogP contribution in [0, 0.1) is 5.92 Å². The number of unbranched alkanes of at least 4 members (excludes halogenated alkanes) is 6. The van der Waals surface area contributed by atoms with Crippen LogP contribution >= 0.6 is 0 Å². The fourth-order valence-corrected chi connectivity index (χ4v) is 2.44. The van der Waals surface area contributed by atoms with Gasteiger partial charge >= 0.3 is 0 Å². The van der Waals surface area contributed by atoms with Crippen LogP contribution in [-0.2, 0) is 9.62 Å². The molecule has 0 aliphatic carbocycles. The predicted octanol–water partition coefficient (Wildman–Crippen LogP) is 6.94. The number of methoxy groups -OCH3 is 1. The second-order valence-corrected chi connectivity index (χ2v) is 6.71. The topological polar surface area (TPSA) is 50.7 Å². The molecule has 0 rings (SSSR count). The molecule has 0 amide bonds. The highest BCUT2D eigenvalue weighted by Gasteiger charge is 1.93. The zero-order valence-electron chi connectivity index (χ0n) is 16.9. The third-order valence-corrected chi connectivity index (χ3v) is 4.27. The minimum Gasteiger partial charge on any atom is -0.385 e. The molecule has 26 heavy (non-hydrogen) atoms. The third-order valence-electron chi connectivity index (χ3n) is 4.27. The Bertz CT molecular complexity index is 190. The van der Waals surface area contributed by atoms with Crippen molar-refractivity contribution in [1.82, 2.24) is 5.32 Å². The highest BCUT2D eigenvalue weighted by molar-refractivity contribution is 4.51. The SMILES string of the molecule is C.C.CCCC(C)CC.COCCCCCCNCCCCCCOO. The van der Waals surface area contributed by atoms with Gasteiger partial charge in [-0.05, 0) is 44.7 Å². The Morgan fingerprint density at radius 3 is 1.69 bits per heavy atom. The highest BCUT2D eigenvalue weighted by Crippen LogP contribution is 2.07. The molecule has 0 aromatic rings. The van der Waals surface area contributed by atoms with E-state index in [1.165, 1.54) is 57.8 Å². The molecule has 0 aliphatic rings. The van der Waals surface area contributed by atoms with Gasteiger partial charge in [0.25, 0.3) is 0 Å². The van der Waals surface area contributed by atoms with Gasteiger partial charge in [-0.15, -0.1) is 0 Å². The second kappa shape index (κ2) is 32.5. The first-order valence-corrected chi connectivity index (χ1v) is 10.2. The maximum Gasteiger partial charge on any atom is 0.0819 e. The Kier molecular flexibility index (Phi) is 41.8. The molecule has 0 bridgehead atoms. The van der Waals surface area contributed by atoms with E-state index in [-0.39, 0.29) is 14.9 Å². The summed E-state index contributed by atoms with van der Waals surface area (Å²) in [6.07, 6.45) is 13.6. The first-order valence-electron chi connectivity index (χ1n) is 10.2. The summed E-state index contributed by atoms with van der Waals surface area (Å²) in [6, 6.07) is 0. The van der Waals surface area contributed by atoms with Crippen LogP contribution < -0.4 is 5.32 Å². The summed E-state index contributed by atoms with van der Waals surface area (Å²) in [7, 11) is 1.76. The van der Waals surface area contributed by atoms with Gasteiger partial charge in [-0.2, -0.15) is 0 Å². The van der Waals surface area contributed by atoms with Crippen molar-refractivity contribution in [3.05, 3.63) is 0 Å². The highest BCUT2D eigenvalue weighted by atomic mass is 17.1. The molecule has 0 aromatic carbocycles. The van der Waals surface area contributed by atoms with E-state index in [1.807, 2.05) is 0 Å². The predicted molar refractivity (Wildman–Crippen MR) is 118 cm³/mol. The summed E-state index contributed by atoms with van der Waals surface area (Å²) in [5, 5.41) is 11.6. The summed E-state index contributed by atoms with van der Waals surface area (Å²) in [6.45, 7) is 10.4. The van der Waals surface area contributed by atoms with E-state index in [0.29, 0.717) is 6.61 Å². The normalized spacial score (nSPS) is 11.0. The van der Waals surface area contributed by atoms with Gasteiger partial charge in [0.1, 0.15) is 0 Å². The van der Waals surface area contributed by atoms with E-state index in [0.717, 1.165) is 38.5 Å². The number of rotatable bonds is 17. The lowest BCUT2D eigenvalue weighted by Crippen LogP contribution is -2.16. The van der Waals surface area contributed by atoms with Gasteiger partial charge < -0.3 is 10.1 Å². The average Bonchev–Trinajstić information content (AvgIpc) is 2.60. The molecule has 2 N–H and O–H groups in total. The van der Waals surface area contributed by atoms with E-state index >= 15 is 0 Å². The lowest BCUT2D eigenvalue weighted by Gasteiger charge is -2.04. The van der Waals surface area contributed by atoms with Crippen LogP contribution in [-0.4, -0.2) is 38.7 Å². The zero-order chi connectivity index (χ0) is 18.3. The Balaban J connectivity index is -0.000000230. The summed E-state index contributed by atoms with van der Waals surface area (Å²) >= 11 is 0. The van der Waals surface area contributed by atoms with Gasteiger partial charge in [-0.1, -0.05) is 80.6 Å². The fraction of sp³-hybridized carbons (Fsp3) is 1.00. The van der Waals surface area contributed by atoms with Crippen molar-refractivity contribution in [2.75, 3.05) is 33.4 Å². The molecule has 0 heterocycles. The number of hydrogen-bond donors (Lipinski definition) is 2. The molecule has 0 fully saturated rings. The van der Waals surface area contributed by atoms with Crippen molar-refractivity contribution >= 4 is 0 Å². The van der Waals surface area contributed by atoms with E-state index in [9.17, 15) is 0 Å². The molecule has 4 nitrogen and oxygen atoms in total. The summed E-state index contributed by atoms with van der Waals surface area (Å²) in [4.78, 5) is 4.02. The van der Waals surface area contributed by atoms with E-state index in [1.54, 1.807) is 7.11 Å². The Labute approximate surface area is 166 Å². The van der Waals surface area contributed by atoms with Gasteiger partial charge in [0.05, 0.1) is 6.61 Å². The molecule has 0 saturated heterocycles. The molecule has 0 radical (unpaired) electrons. The second-order valence-electron chi connectivity index (χ2n) is 6.71. The third kappa shape index (κ3) is 35.0. The van der Waals surface area contributed by atoms with Crippen LogP contribution in [0.3, 0.4) is 0 Å². The van der Waals surface area contributed by atoms with Gasteiger partial charge in [-0.3, -0.25) is 5.26 Å². The molecule has 0 spiro atoms. The molecular weight excluding hydrogens is 326 g/mol. The number of nitrogens with one attached hydrogen (secondary N) is 1. The van der Waals surface area contributed by atoms with Crippen LogP contribution in [0.15, 0.2) is 0 Å². The maximum absolute atomic E-state index is 8.12. The van der Waals surface area contributed by atoms with Crippen LogP contribution in [0.25, 0.3) is 0 Å². The van der Waals surface area contributed by atoms with Crippen molar-refractivity contribution in [2.24, 2.45) is 5.92 Å². The number of ether oxygens (including phenoxy) is 1. The Morgan fingerprint density at radius 1 is 0.808 bits per heavy atom. The molecule has 0 aromatic heterocycles. The minimum absolute atomic E-state index is 0. The van der Waals surface area contributed by atoms with Gasteiger partial charge in [0.2, 0.25) is 0 Å². The summed E-state index contributed by atoms with van der Waals surface area (Å²) < 4.78 is 5.00. The van der Waals surface area contributed by atoms with Crippen LogP contribution in [0.1, 0.15) is 106 Å². The molecule has 1 unspecified atom stereocenters. The average molecular weight is 380 g/mol. The number of hydrogen-bond acceptors (Lipinski definition) is 4. The molecule has 0 aliphatic heterocycles. The monoisotopic (exact) mass is 379 g/mol. The molecular formula is C22H53NO3. The smallest absolute Gasteiger partial charge is 0.0819 e. The Morgan fingerprint density at radius 2 is 1.31 bits per heavy atom. The quantitative estimate of drug-likeness (QED) is 0.163. The largest absolute Gasteiger partial charge is 0.385 e. The van der Waals surface area contributed by atoms with Crippen LogP contribution in [0.5, 0.6) is 0 Å². The summed E-state index contributed by atoms with van der Waals surface area (Å²) in [5.74, 6) is 0.949. The molecule has 0 saturated carbocycles. The lowest BCUT2D eigenvalue weighted by molar-refractivity contribution is -0.242. The van der Waals surface area contributed by atoms with Crippen molar-refractivity contribution in [2.45, 2.75) is 106 Å². The van der Waals surface area contributed by atoms with Crippen molar-refractivity contribution < 1.29 is 14.9 Å². The fourth-order valence-electron chi connectivity index (χ4n) is 2.44. The van der Waals surface area contributed by atoms with Crippen molar-refractivity contribution in [3.63, 3.8) is 0 Å². The standard InChI is InChI=1S/C13H29NO3.C7H16.2CH4/c1-16-12-8-4-2-6-10-14-11-7-3-5-9-13-17-15;1-4-6-7(3)5-2;;/h14-15H,2-13H2,1H3;7H,4-6H2,1-3H3;2*1H4. The molecule has 164 valence electrons. The van der Waals surface area contributed by atoms with Gasteiger partial charge in [0.15, 0.2) is 0 Å². The maximum atomic E-state index is 8.12. The minimum atomic E-state index is 0. The van der Waals surface area contributed by atoms with Crippen LogP contribution in [0.2, 0.25) is 0 Å². The molecule has 4 heteroatoms. The van der Waals surface area contributed by atoms with Crippen molar-refractivity contribution in [3.8, 4) is 0 Å². The first kappa shape index (κ1) is 33.4. The van der Waals surface area contributed by atoms with E-state index in [2.05, 4.69) is 31.0 Å². The Hall–Kier alpha value is -0.160. The lowest BCUT2D eigenvalue weighted by atomic mass is 10.0. The van der Waals surface area contributed by atoms with Crippen LogP contribution in [0.4, 0.5) is 0 Å². The van der Waals surface area contributed by atoms with Gasteiger partial charge in [0, 0.05) is 13.7 Å². The van der Waals surface area contributed by atoms with E-state index in [4.69, 9.17) is 9.99 Å². The molecule has 1 atom stereocenters. The first-order chi connectivity index (χ1) is 11.7. The zero-order valence-corrected chi connectivity index (χ0v) is 16.9.